The third-order valence-corrected chi connectivity index (χ3v) is 3.40. The SMILES string of the molecule is N=CC(C=N)c1ccc(Nc2ncc3ccccc3n2)cc1. The zero-order valence-corrected chi connectivity index (χ0v) is 11.8. The van der Waals surface area contributed by atoms with E-state index in [0.717, 1.165) is 22.2 Å². The van der Waals surface area contributed by atoms with Crippen LogP contribution in [0.25, 0.3) is 10.9 Å². The molecule has 0 spiro atoms. The fraction of sp³-hybridized carbons (Fsp3) is 0.0588. The number of hydrogen-bond donors (Lipinski definition) is 3. The molecule has 0 bridgehead atoms. The van der Waals surface area contributed by atoms with Gasteiger partial charge in [-0.3, -0.25) is 0 Å². The quantitative estimate of drug-likeness (QED) is 0.625. The molecule has 3 N–H and O–H groups in total. The maximum Gasteiger partial charge on any atom is 0.227 e. The van der Waals surface area contributed by atoms with Crippen molar-refractivity contribution in [3.63, 3.8) is 0 Å². The van der Waals surface area contributed by atoms with Gasteiger partial charge in [0.2, 0.25) is 5.95 Å². The van der Waals surface area contributed by atoms with Gasteiger partial charge in [0.15, 0.2) is 0 Å². The molecule has 0 amide bonds. The van der Waals surface area contributed by atoms with Gasteiger partial charge in [0.25, 0.3) is 0 Å². The summed E-state index contributed by atoms with van der Waals surface area (Å²) >= 11 is 0. The van der Waals surface area contributed by atoms with Gasteiger partial charge in [-0.15, -0.1) is 0 Å². The molecular weight excluding hydrogens is 274 g/mol. The molecule has 108 valence electrons. The summed E-state index contributed by atoms with van der Waals surface area (Å²) in [6.07, 6.45) is 4.29. The molecule has 0 fully saturated rings. The number of nitrogens with one attached hydrogen (secondary N) is 3. The molecule has 0 saturated heterocycles. The first-order valence-corrected chi connectivity index (χ1v) is 6.90. The number of hydrogen-bond acceptors (Lipinski definition) is 5. The Morgan fingerprint density at radius 3 is 2.41 bits per heavy atom. The molecule has 0 saturated carbocycles. The van der Waals surface area contributed by atoms with Crippen molar-refractivity contribution >= 4 is 35.0 Å². The molecule has 3 rings (SSSR count). The van der Waals surface area contributed by atoms with Crippen molar-refractivity contribution in [1.82, 2.24) is 9.97 Å². The number of benzene rings is 2. The number of fused-ring (bicyclic) bond motifs is 1. The van der Waals surface area contributed by atoms with Gasteiger partial charge in [-0.2, -0.15) is 0 Å². The van der Waals surface area contributed by atoms with E-state index in [2.05, 4.69) is 15.3 Å². The average molecular weight is 289 g/mol. The zero-order valence-electron chi connectivity index (χ0n) is 11.8. The number of anilines is 2. The van der Waals surface area contributed by atoms with Crippen LogP contribution in [0.2, 0.25) is 0 Å². The minimum absolute atomic E-state index is 0.272. The Balaban J connectivity index is 1.82. The number of para-hydroxylation sites is 1. The fourth-order valence-corrected chi connectivity index (χ4v) is 2.19. The average Bonchev–Trinajstić information content (AvgIpc) is 2.57. The highest BCUT2D eigenvalue weighted by Gasteiger charge is 2.05. The highest BCUT2D eigenvalue weighted by atomic mass is 15.1. The molecular formula is C17H15N5. The van der Waals surface area contributed by atoms with Crippen LogP contribution in [-0.4, -0.2) is 22.4 Å². The molecule has 5 heteroatoms. The largest absolute Gasteiger partial charge is 0.324 e. The summed E-state index contributed by atoms with van der Waals surface area (Å²) < 4.78 is 0. The monoisotopic (exact) mass is 289 g/mol. The summed E-state index contributed by atoms with van der Waals surface area (Å²) in [4.78, 5) is 8.76. The molecule has 5 nitrogen and oxygen atoms in total. The van der Waals surface area contributed by atoms with Gasteiger partial charge >= 0.3 is 0 Å². The number of rotatable bonds is 5. The summed E-state index contributed by atoms with van der Waals surface area (Å²) in [6, 6.07) is 15.4. The molecule has 0 aliphatic rings. The van der Waals surface area contributed by atoms with E-state index in [-0.39, 0.29) is 5.92 Å². The second kappa shape index (κ2) is 6.13. The summed E-state index contributed by atoms with van der Waals surface area (Å²) in [5.74, 6) is 0.271. The van der Waals surface area contributed by atoms with E-state index in [9.17, 15) is 0 Å². The molecule has 1 aromatic heterocycles. The molecule has 2 aromatic carbocycles. The smallest absolute Gasteiger partial charge is 0.227 e. The Labute approximate surface area is 128 Å². The lowest BCUT2D eigenvalue weighted by Crippen LogP contribution is -2.01. The molecule has 0 aliphatic carbocycles. The second-order valence-electron chi connectivity index (χ2n) is 4.86. The van der Waals surface area contributed by atoms with Gasteiger partial charge in [-0.05, 0) is 23.8 Å². The van der Waals surface area contributed by atoms with Crippen LogP contribution in [0.5, 0.6) is 0 Å². The predicted molar refractivity (Wildman–Crippen MR) is 89.6 cm³/mol. The first kappa shape index (κ1) is 13.9. The van der Waals surface area contributed by atoms with Crippen LogP contribution >= 0.6 is 0 Å². The van der Waals surface area contributed by atoms with Gasteiger partial charge < -0.3 is 16.1 Å². The normalized spacial score (nSPS) is 11.8. The van der Waals surface area contributed by atoms with Crippen molar-refractivity contribution in [2.24, 2.45) is 0 Å². The second-order valence-corrected chi connectivity index (χ2v) is 4.86. The summed E-state index contributed by atoms with van der Waals surface area (Å²) in [5.41, 5.74) is 2.67. The van der Waals surface area contributed by atoms with Crippen LogP contribution in [0.4, 0.5) is 11.6 Å². The van der Waals surface area contributed by atoms with Crippen molar-refractivity contribution in [3.05, 3.63) is 60.3 Å². The topological polar surface area (TPSA) is 85.5 Å². The summed E-state index contributed by atoms with van der Waals surface area (Å²) in [5, 5.41) is 18.8. The summed E-state index contributed by atoms with van der Waals surface area (Å²) in [7, 11) is 0. The van der Waals surface area contributed by atoms with Crippen molar-refractivity contribution in [2.75, 3.05) is 5.32 Å². The lowest BCUT2D eigenvalue weighted by Gasteiger charge is -2.09. The third-order valence-electron chi connectivity index (χ3n) is 3.40. The van der Waals surface area contributed by atoms with E-state index >= 15 is 0 Å². The fourth-order valence-electron chi connectivity index (χ4n) is 2.19. The maximum atomic E-state index is 7.30. The van der Waals surface area contributed by atoms with E-state index in [1.54, 1.807) is 6.20 Å². The molecule has 3 aromatic rings. The third kappa shape index (κ3) is 2.83. The van der Waals surface area contributed by atoms with Crippen molar-refractivity contribution < 1.29 is 0 Å². The zero-order chi connectivity index (χ0) is 15.4. The minimum atomic E-state index is -0.272. The molecule has 0 atom stereocenters. The van der Waals surface area contributed by atoms with Crippen LogP contribution < -0.4 is 5.32 Å². The first-order chi connectivity index (χ1) is 10.8. The maximum absolute atomic E-state index is 7.30. The Hall–Kier alpha value is -3.08. The van der Waals surface area contributed by atoms with E-state index < -0.39 is 0 Å². The van der Waals surface area contributed by atoms with E-state index in [0.29, 0.717) is 5.95 Å². The van der Waals surface area contributed by atoms with Crippen molar-refractivity contribution in [1.29, 1.82) is 10.8 Å². The van der Waals surface area contributed by atoms with Gasteiger partial charge in [0.1, 0.15) is 0 Å². The van der Waals surface area contributed by atoms with Crippen molar-refractivity contribution in [3.8, 4) is 0 Å². The summed E-state index contributed by atoms with van der Waals surface area (Å²) in [6.45, 7) is 0. The van der Waals surface area contributed by atoms with Crippen molar-refractivity contribution in [2.45, 2.75) is 5.92 Å². The van der Waals surface area contributed by atoms with E-state index in [1.807, 2.05) is 48.5 Å². The van der Waals surface area contributed by atoms with E-state index in [4.69, 9.17) is 10.8 Å². The Bertz CT molecular complexity index is 803. The molecule has 0 aliphatic heterocycles. The van der Waals surface area contributed by atoms with E-state index in [1.165, 1.54) is 12.4 Å². The Morgan fingerprint density at radius 1 is 0.955 bits per heavy atom. The molecule has 0 unspecified atom stereocenters. The lowest BCUT2D eigenvalue weighted by molar-refractivity contribution is 1.20. The van der Waals surface area contributed by atoms with Crippen LogP contribution in [-0.2, 0) is 0 Å². The highest BCUT2D eigenvalue weighted by molar-refractivity contribution is 5.87. The standard InChI is InChI=1S/C17H15N5/c18-9-14(10-19)12-5-7-15(8-6-12)21-17-20-11-13-3-1-2-4-16(13)22-17/h1-11,14,18-19H,(H,20,21,22). The highest BCUT2D eigenvalue weighted by Crippen LogP contribution is 2.19. The van der Waals surface area contributed by atoms with Crippen LogP contribution in [0.15, 0.2) is 54.7 Å². The Morgan fingerprint density at radius 2 is 1.68 bits per heavy atom. The lowest BCUT2D eigenvalue weighted by atomic mass is 10.0. The van der Waals surface area contributed by atoms with Gasteiger partial charge in [0.05, 0.1) is 11.4 Å². The molecule has 1 heterocycles. The van der Waals surface area contributed by atoms with Gasteiger partial charge in [0, 0.05) is 29.7 Å². The van der Waals surface area contributed by atoms with Crippen LogP contribution in [0.3, 0.4) is 0 Å². The predicted octanol–water partition coefficient (Wildman–Crippen LogP) is 3.76. The first-order valence-electron chi connectivity index (χ1n) is 6.90. The number of nitrogens with zero attached hydrogens (tertiary/aromatic N) is 2. The molecule has 22 heavy (non-hydrogen) atoms. The minimum Gasteiger partial charge on any atom is -0.324 e. The van der Waals surface area contributed by atoms with Crippen LogP contribution in [0.1, 0.15) is 11.5 Å². The van der Waals surface area contributed by atoms with Gasteiger partial charge in [-0.1, -0.05) is 30.3 Å². The van der Waals surface area contributed by atoms with Gasteiger partial charge in [-0.25, -0.2) is 9.97 Å². The number of aromatic nitrogens is 2. The van der Waals surface area contributed by atoms with Crippen LogP contribution in [0, 0.1) is 10.8 Å². The molecule has 0 radical (unpaired) electrons. The Kier molecular flexibility index (Phi) is 3.87.